The summed E-state index contributed by atoms with van der Waals surface area (Å²) in [6, 6.07) is 5.43. The first-order chi connectivity index (χ1) is 8.49. The van der Waals surface area contributed by atoms with Gasteiger partial charge in [-0.15, -0.1) is 0 Å². The largest absolute Gasteiger partial charge is 0.416 e. The van der Waals surface area contributed by atoms with Crippen LogP contribution in [0.15, 0.2) is 29.3 Å². The first kappa shape index (κ1) is 13.3. The highest BCUT2D eigenvalue weighted by atomic mass is 32.2. The fraction of sp³-hybridized carbons (Fsp3) is 0.417. The van der Waals surface area contributed by atoms with E-state index in [0.717, 1.165) is 24.3 Å². The van der Waals surface area contributed by atoms with E-state index in [4.69, 9.17) is 0 Å². The molecule has 1 aliphatic heterocycles. The van der Waals surface area contributed by atoms with Gasteiger partial charge in [-0.05, 0) is 24.6 Å². The highest BCUT2D eigenvalue weighted by Crippen LogP contribution is 2.31. The van der Waals surface area contributed by atoms with Gasteiger partial charge >= 0.3 is 6.18 Å². The van der Waals surface area contributed by atoms with Crippen molar-refractivity contribution in [2.45, 2.75) is 25.6 Å². The molecule has 1 aromatic carbocycles. The standard InChI is InChI=1S/C12H13F3N2S/c1-2-9-7-18-11(16-9)17-10-5-3-4-8(6-10)12(13,14)15/h3-6,9H,2,7H2,1H3,(H,16,17). The minimum atomic E-state index is -4.31. The van der Waals surface area contributed by atoms with E-state index in [-0.39, 0.29) is 6.04 Å². The zero-order valence-electron chi connectivity index (χ0n) is 9.79. The Morgan fingerprint density at radius 1 is 1.44 bits per heavy atom. The average Bonchev–Trinajstić information content (AvgIpc) is 2.76. The van der Waals surface area contributed by atoms with Gasteiger partial charge in [0, 0.05) is 11.4 Å². The number of anilines is 1. The van der Waals surface area contributed by atoms with E-state index < -0.39 is 11.7 Å². The second-order valence-electron chi connectivity index (χ2n) is 4.01. The molecule has 0 fully saturated rings. The Morgan fingerprint density at radius 2 is 2.22 bits per heavy atom. The zero-order valence-corrected chi connectivity index (χ0v) is 10.6. The summed E-state index contributed by atoms with van der Waals surface area (Å²) >= 11 is 1.54. The first-order valence-electron chi connectivity index (χ1n) is 5.64. The van der Waals surface area contributed by atoms with Crippen LogP contribution in [0.1, 0.15) is 18.9 Å². The van der Waals surface area contributed by atoms with Gasteiger partial charge in [-0.3, -0.25) is 4.99 Å². The van der Waals surface area contributed by atoms with Gasteiger partial charge in [-0.1, -0.05) is 24.8 Å². The van der Waals surface area contributed by atoms with Crippen LogP contribution in [0.5, 0.6) is 0 Å². The predicted octanol–water partition coefficient (Wildman–Crippen LogP) is 4.00. The van der Waals surface area contributed by atoms with Crippen LogP contribution in [-0.2, 0) is 6.18 Å². The third kappa shape index (κ3) is 3.19. The number of hydrogen-bond acceptors (Lipinski definition) is 3. The van der Waals surface area contributed by atoms with Crippen LogP contribution in [0.3, 0.4) is 0 Å². The molecule has 0 aliphatic carbocycles. The van der Waals surface area contributed by atoms with E-state index in [0.29, 0.717) is 10.9 Å². The number of nitrogens with one attached hydrogen (secondary N) is 1. The summed E-state index contributed by atoms with van der Waals surface area (Å²) < 4.78 is 37.6. The highest BCUT2D eigenvalue weighted by Gasteiger charge is 2.30. The van der Waals surface area contributed by atoms with Gasteiger partial charge in [-0.2, -0.15) is 13.2 Å². The van der Waals surface area contributed by atoms with Gasteiger partial charge in [-0.25, -0.2) is 0 Å². The summed E-state index contributed by atoms with van der Waals surface area (Å²) in [6.07, 6.45) is -3.37. The lowest BCUT2D eigenvalue weighted by Crippen LogP contribution is -2.08. The number of alkyl halides is 3. The number of benzene rings is 1. The monoisotopic (exact) mass is 274 g/mol. The third-order valence-electron chi connectivity index (χ3n) is 2.62. The molecule has 0 saturated carbocycles. The Labute approximate surface area is 108 Å². The molecule has 1 N–H and O–H groups in total. The number of rotatable bonds is 2. The van der Waals surface area contributed by atoms with Gasteiger partial charge in [0.2, 0.25) is 0 Å². The van der Waals surface area contributed by atoms with Crippen molar-refractivity contribution in [3.8, 4) is 0 Å². The van der Waals surface area contributed by atoms with Crippen molar-refractivity contribution in [1.82, 2.24) is 0 Å². The molecule has 1 aromatic rings. The topological polar surface area (TPSA) is 24.4 Å². The molecule has 1 heterocycles. The highest BCUT2D eigenvalue weighted by molar-refractivity contribution is 8.14. The average molecular weight is 274 g/mol. The maximum absolute atomic E-state index is 12.5. The quantitative estimate of drug-likeness (QED) is 0.881. The van der Waals surface area contributed by atoms with Crippen molar-refractivity contribution < 1.29 is 13.2 Å². The van der Waals surface area contributed by atoms with Gasteiger partial charge < -0.3 is 5.32 Å². The maximum atomic E-state index is 12.5. The Morgan fingerprint density at radius 3 is 2.83 bits per heavy atom. The van der Waals surface area contributed by atoms with E-state index in [1.165, 1.54) is 6.07 Å². The number of aliphatic imine (C=N–C) groups is 1. The van der Waals surface area contributed by atoms with Crippen molar-refractivity contribution in [2.24, 2.45) is 4.99 Å². The first-order valence-corrected chi connectivity index (χ1v) is 6.62. The van der Waals surface area contributed by atoms with Crippen molar-refractivity contribution in [3.05, 3.63) is 29.8 Å². The zero-order chi connectivity index (χ0) is 13.2. The molecule has 0 radical (unpaired) electrons. The van der Waals surface area contributed by atoms with E-state index >= 15 is 0 Å². The molecule has 1 aliphatic rings. The minimum Gasteiger partial charge on any atom is -0.335 e. The fourth-order valence-electron chi connectivity index (χ4n) is 1.59. The van der Waals surface area contributed by atoms with Crippen molar-refractivity contribution in [2.75, 3.05) is 11.1 Å². The van der Waals surface area contributed by atoms with Crippen LogP contribution >= 0.6 is 11.8 Å². The molecule has 0 amide bonds. The Hall–Kier alpha value is -1.17. The Bertz CT molecular complexity index is 457. The molecule has 1 unspecified atom stereocenters. The van der Waals surface area contributed by atoms with Crippen LogP contribution in [0.2, 0.25) is 0 Å². The lowest BCUT2D eigenvalue weighted by Gasteiger charge is -2.09. The summed E-state index contributed by atoms with van der Waals surface area (Å²) in [7, 11) is 0. The molecule has 6 heteroatoms. The molecule has 18 heavy (non-hydrogen) atoms. The van der Waals surface area contributed by atoms with Crippen LogP contribution in [0.25, 0.3) is 0 Å². The molecule has 98 valence electrons. The second kappa shape index (κ2) is 5.22. The molecule has 0 spiro atoms. The smallest absolute Gasteiger partial charge is 0.335 e. The van der Waals surface area contributed by atoms with Gasteiger partial charge in [0.05, 0.1) is 11.6 Å². The summed E-state index contributed by atoms with van der Waals surface area (Å²) in [4.78, 5) is 4.38. The number of nitrogens with zero attached hydrogens (tertiary/aromatic N) is 1. The normalized spacial score (nSPS) is 19.8. The fourth-order valence-corrected chi connectivity index (χ4v) is 2.66. The van der Waals surface area contributed by atoms with E-state index in [1.54, 1.807) is 17.8 Å². The van der Waals surface area contributed by atoms with E-state index in [9.17, 15) is 13.2 Å². The summed E-state index contributed by atoms with van der Waals surface area (Å²) in [5, 5.41) is 3.63. The van der Waals surface area contributed by atoms with Crippen molar-refractivity contribution in [1.29, 1.82) is 0 Å². The predicted molar refractivity (Wildman–Crippen MR) is 69.0 cm³/mol. The molecule has 2 nitrogen and oxygen atoms in total. The van der Waals surface area contributed by atoms with Crippen LogP contribution < -0.4 is 5.32 Å². The lowest BCUT2D eigenvalue weighted by molar-refractivity contribution is -0.137. The SMILES string of the molecule is CCC1CSC(Nc2cccc(C(F)(F)F)c2)=N1. The number of hydrogen-bond donors (Lipinski definition) is 1. The van der Waals surface area contributed by atoms with Gasteiger partial charge in [0.25, 0.3) is 0 Å². The maximum Gasteiger partial charge on any atom is 0.416 e. The lowest BCUT2D eigenvalue weighted by atomic mass is 10.2. The van der Waals surface area contributed by atoms with Gasteiger partial charge in [0.1, 0.15) is 0 Å². The molecule has 0 aromatic heterocycles. The molecule has 0 bridgehead atoms. The second-order valence-corrected chi connectivity index (χ2v) is 5.02. The summed E-state index contributed by atoms with van der Waals surface area (Å²) in [6.45, 7) is 2.04. The van der Waals surface area contributed by atoms with Crippen LogP contribution in [0.4, 0.5) is 18.9 Å². The third-order valence-corrected chi connectivity index (χ3v) is 3.66. The van der Waals surface area contributed by atoms with E-state index in [2.05, 4.69) is 10.3 Å². The van der Waals surface area contributed by atoms with Crippen LogP contribution in [0, 0.1) is 0 Å². The number of amidine groups is 1. The summed E-state index contributed by atoms with van der Waals surface area (Å²) in [5.74, 6) is 0.887. The molecule has 0 saturated heterocycles. The Balaban J connectivity index is 2.11. The Kier molecular flexibility index (Phi) is 3.85. The molecular formula is C12H13F3N2S. The van der Waals surface area contributed by atoms with Crippen molar-refractivity contribution in [3.63, 3.8) is 0 Å². The van der Waals surface area contributed by atoms with Crippen molar-refractivity contribution >= 4 is 22.6 Å². The minimum absolute atomic E-state index is 0.267. The molecular weight excluding hydrogens is 261 g/mol. The number of thioether (sulfide) groups is 1. The molecule has 2 rings (SSSR count). The van der Waals surface area contributed by atoms with E-state index in [1.807, 2.05) is 6.92 Å². The van der Waals surface area contributed by atoms with Crippen LogP contribution in [-0.4, -0.2) is 17.0 Å². The molecule has 1 atom stereocenters. The number of halogens is 3. The van der Waals surface area contributed by atoms with Gasteiger partial charge in [0.15, 0.2) is 5.17 Å². The summed E-state index contributed by atoms with van der Waals surface area (Å²) in [5.41, 5.74) is -0.226.